The van der Waals surface area contributed by atoms with E-state index in [0.717, 1.165) is 30.8 Å². The molecule has 0 radical (unpaired) electrons. The third-order valence-electron chi connectivity index (χ3n) is 3.03. The van der Waals surface area contributed by atoms with Crippen molar-refractivity contribution in [3.05, 3.63) is 0 Å². The van der Waals surface area contributed by atoms with Crippen molar-refractivity contribution in [2.75, 3.05) is 11.5 Å². The van der Waals surface area contributed by atoms with Gasteiger partial charge in [0.1, 0.15) is 10.9 Å². The van der Waals surface area contributed by atoms with Crippen LogP contribution in [0.25, 0.3) is 0 Å². The molecule has 4 nitrogen and oxygen atoms in total. The Hall–Kier alpha value is 1.24. The van der Waals surface area contributed by atoms with E-state index in [4.69, 9.17) is 20.2 Å². The van der Waals surface area contributed by atoms with E-state index in [1.54, 1.807) is 10.8 Å². The molecule has 0 saturated heterocycles. The van der Waals surface area contributed by atoms with Gasteiger partial charge in [-0.1, -0.05) is 43.2 Å². The average Bonchev–Trinajstić information content (AvgIpc) is 2.49. The molecule has 0 heterocycles. The summed E-state index contributed by atoms with van der Waals surface area (Å²) in [5.74, 6) is 7.44. The van der Waals surface area contributed by atoms with Gasteiger partial charge >= 0.3 is 0 Å². The fourth-order valence-electron chi connectivity index (χ4n) is 1.88. The summed E-state index contributed by atoms with van der Waals surface area (Å²) in [5, 5.41) is 0. The van der Waals surface area contributed by atoms with Crippen LogP contribution in [-0.4, -0.2) is 40.2 Å². The Morgan fingerprint density at radius 3 is 2.04 bits per heavy atom. The summed E-state index contributed by atoms with van der Waals surface area (Å²) in [4.78, 5) is 4.97. The van der Waals surface area contributed by atoms with E-state index in [-0.39, 0.29) is 28.7 Å². The van der Waals surface area contributed by atoms with Gasteiger partial charge in [-0.3, -0.25) is 4.84 Å². The van der Waals surface area contributed by atoms with Crippen LogP contribution in [0.5, 0.6) is 0 Å². The number of nitrogens with two attached hydrogens (primary N) is 1. The Morgan fingerprint density at radius 1 is 0.880 bits per heavy atom. The standard InChI is InChI=1S/C17H37NO3S4/c1-13(2)19-15(5)24-23-12-9-16(20-14(3)4)25-22-11-8-10-17(6,7)21-18/h13-16H,8-12,18H2,1-7H3. The summed E-state index contributed by atoms with van der Waals surface area (Å²) in [7, 11) is 7.40. The van der Waals surface area contributed by atoms with Gasteiger partial charge in [-0.25, -0.2) is 5.90 Å². The Balaban J connectivity index is 3.93. The zero-order chi connectivity index (χ0) is 19.3. The molecular formula is C17H37NO3S4. The maximum Gasteiger partial charge on any atom is 0.114 e. The molecule has 0 aliphatic rings. The van der Waals surface area contributed by atoms with Crippen molar-refractivity contribution in [2.45, 2.75) is 96.4 Å². The van der Waals surface area contributed by atoms with Gasteiger partial charge in [0.2, 0.25) is 0 Å². The quantitative estimate of drug-likeness (QED) is 0.136. The van der Waals surface area contributed by atoms with Gasteiger partial charge in [0.05, 0.1) is 17.8 Å². The van der Waals surface area contributed by atoms with Crippen molar-refractivity contribution in [3.63, 3.8) is 0 Å². The molecule has 0 bridgehead atoms. The van der Waals surface area contributed by atoms with Crippen LogP contribution in [0.4, 0.5) is 0 Å². The minimum atomic E-state index is -0.234. The van der Waals surface area contributed by atoms with Gasteiger partial charge < -0.3 is 9.47 Å². The predicted octanol–water partition coefficient (Wildman–Crippen LogP) is 6.11. The minimum absolute atomic E-state index is 0.226. The van der Waals surface area contributed by atoms with E-state index in [2.05, 4.69) is 34.6 Å². The molecular weight excluding hydrogens is 394 g/mol. The van der Waals surface area contributed by atoms with Gasteiger partial charge in [0, 0.05) is 11.5 Å². The highest BCUT2D eigenvalue weighted by molar-refractivity contribution is 8.77. The summed E-state index contributed by atoms with van der Waals surface area (Å²) in [6.07, 6.45) is 3.63. The Labute approximate surface area is 171 Å². The number of hydrogen-bond acceptors (Lipinski definition) is 8. The zero-order valence-corrected chi connectivity index (χ0v) is 20.0. The first-order chi connectivity index (χ1) is 11.7. The lowest BCUT2D eigenvalue weighted by Gasteiger charge is -2.22. The van der Waals surface area contributed by atoms with Crippen LogP contribution in [0.15, 0.2) is 0 Å². The molecule has 0 aromatic carbocycles. The van der Waals surface area contributed by atoms with Gasteiger partial charge in [0.15, 0.2) is 0 Å². The molecule has 152 valence electrons. The topological polar surface area (TPSA) is 53.7 Å². The van der Waals surface area contributed by atoms with E-state index in [9.17, 15) is 0 Å². The smallest absolute Gasteiger partial charge is 0.114 e. The van der Waals surface area contributed by atoms with Crippen LogP contribution in [0.3, 0.4) is 0 Å². The van der Waals surface area contributed by atoms with Crippen LogP contribution in [0.1, 0.15) is 67.7 Å². The monoisotopic (exact) mass is 431 g/mol. The van der Waals surface area contributed by atoms with E-state index >= 15 is 0 Å². The molecule has 0 saturated carbocycles. The lowest BCUT2D eigenvalue weighted by Crippen LogP contribution is -2.27. The average molecular weight is 432 g/mol. The van der Waals surface area contributed by atoms with Crippen molar-refractivity contribution in [1.29, 1.82) is 0 Å². The Kier molecular flexibility index (Phi) is 15.9. The zero-order valence-electron chi connectivity index (χ0n) is 16.8. The van der Waals surface area contributed by atoms with E-state index < -0.39 is 0 Å². The highest BCUT2D eigenvalue weighted by Crippen LogP contribution is 2.35. The fourth-order valence-corrected chi connectivity index (χ4v) is 6.69. The minimum Gasteiger partial charge on any atom is -0.364 e. The molecule has 8 heteroatoms. The molecule has 0 amide bonds. The Morgan fingerprint density at radius 2 is 1.48 bits per heavy atom. The fraction of sp³-hybridized carbons (Fsp3) is 1.00. The largest absolute Gasteiger partial charge is 0.364 e. The summed E-state index contributed by atoms with van der Waals surface area (Å²) < 4.78 is 11.8. The highest BCUT2D eigenvalue weighted by Gasteiger charge is 2.17. The maximum atomic E-state index is 6.03. The third-order valence-corrected chi connectivity index (χ3v) is 8.38. The van der Waals surface area contributed by atoms with Crippen molar-refractivity contribution >= 4 is 43.2 Å². The molecule has 0 aliphatic heterocycles. The van der Waals surface area contributed by atoms with Crippen molar-refractivity contribution in [3.8, 4) is 0 Å². The van der Waals surface area contributed by atoms with Gasteiger partial charge in [-0.05, 0) is 67.7 Å². The summed E-state index contributed by atoms with van der Waals surface area (Å²) in [6.45, 7) is 14.5. The van der Waals surface area contributed by atoms with E-state index in [0.29, 0.717) is 0 Å². The van der Waals surface area contributed by atoms with Crippen molar-refractivity contribution in [1.82, 2.24) is 0 Å². The molecule has 25 heavy (non-hydrogen) atoms. The second-order valence-electron chi connectivity index (χ2n) is 6.97. The molecule has 0 aromatic rings. The Bertz CT molecular complexity index is 320. The normalized spacial score (nSPS) is 15.1. The third kappa shape index (κ3) is 17.1. The van der Waals surface area contributed by atoms with Crippen LogP contribution in [0.2, 0.25) is 0 Å². The molecule has 0 fully saturated rings. The molecule has 0 aromatic heterocycles. The molecule has 2 atom stereocenters. The molecule has 0 rings (SSSR count). The number of rotatable bonds is 16. The van der Waals surface area contributed by atoms with Crippen LogP contribution < -0.4 is 5.90 Å². The SMILES string of the molecule is CC(C)OC(C)SSCCC(OC(C)C)SSCCCC(C)(C)ON. The highest BCUT2D eigenvalue weighted by atomic mass is 33.1. The first kappa shape index (κ1) is 26.2. The summed E-state index contributed by atoms with van der Waals surface area (Å²) in [5.41, 5.74) is 0.226. The molecule has 0 aliphatic carbocycles. The predicted molar refractivity (Wildman–Crippen MR) is 119 cm³/mol. The maximum absolute atomic E-state index is 6.03. The first-order valence-corrected chi connectivity index (χ1v) is 13.7. The van der Waals surface area contributed by atoms with Gasteiger partial charge in [0.25, 0.3) is 0 Å². The molecule has 2 unspecified atom stereocenters. The molecule has 0 spiro atoms. The van der Waals surface area contributed by atoms with Crippen LogP contribution in [0, 0.1) is 0 Å². The van der Waals surface area contributed by atoms with Crippen LogP contribution >= 0.6 is 43.2 Å². The lowest BCUT2D eigenvalue weighted by molar-refractivity contribution is -0.0255. The second-order valence-corrected chi connectivity index (χ2v) is 12.4. The number of ether oxygens (including phenoxy) is 2. The van der Waals surface area contributed by atoms with E-state index in [1.807, 2.05) is 46.2 Å². The van der Waals surface area contributed by atoms with Crippen molar-refractivity contribution in [2.24, 2.45) is 5.90 Å². The van der Waals surface area contributed by atoms with Gasteiger partial charge in [-0.15, -0.1) is 0 Å². The van der Waals surface area contributed by atoms with E-state index in [1.165, 1.54) is 0 Å². The number of hydrogen-bond donors (Lipinski definition) is 1. The van der Waals surface area contributed by atoms with Gasteiger partial charge in [-0.2, -0.15) is 0 Å². The first-order valence-electron chi connectivity index (χ1n) is 8.91. The van der Waals surface area contributed by atoms with Crippen LogP contribution in [-0.2, 0) is 14.3 Å². The summed E-state index contributed by atoms with van der Waals surface area (Å²) in [6, 6.07) is 0. The van der Waals surface area contributed by atoms with Crippen molar-refractivity contribution < 1.29 is 14.3 Å². The lowest BCUT2D eigenvalue weighted by atomic mass is 10.0. The second kappa shape index (κ2) is 15.2. The summed E-state index contributed by atoms with van der Waals surface area (Å²) >= 11 is 0. The molecule has 2 N–H and O–H groups in total.